The third-order valence-corrected chi connectivity index (χ3v) is 3.54. The predicted molar refractivity (Wildman–Crippen MR) is 89.5 cm³/mol. The number of carbonyl (C=O) groups is 2. The van der Waals surface area contributed by atoms with E-state index in [9.17, 15) is 9.59 Å². The highest BCUT2D eigenvalue weighted by Gasteiger charge is 2.26. The van der Waals surface area contributed by atoms with E-state index in [-0.39, 0.29) is 19.1 Å². The van der Waals surface area contributed by atoms with Gasteiger partial charge in [0.05, 0.1) is 6.54 Å². The number of aliphatic imine (C=N–C) groups is 1. The molecule has 0 fully saturated rings. The molecule has 6 nitrogen and oxygen atoms in total. The molecule has 1 heterocycles. The SMILES string of the molecule is O=C(NC1CN=C(c2ccccc2)NC1=O)OCc1ccccc1. The number of alkyl carbamates (subject to hydrolysis) is 1. The average molecular weight is 323 g/mol. The van der Waals surface area contributed by atoms with Crippen molar-refractivity contribution in [2.24, 2.45) is 4.99 Å². The molecule has 0 bridgehead atoms. The maximum absolute atomic E-state index is 12.1. The van der Waals surface area contributed by atoms with Crippen LogP contribution in [0.3, 0.4) is 0 Å². The van der Waals surface area contributed by atoms with Gasteiger partial charge in [-0.05, 0) is 5.56 Å². The summed E-state index contributed by atoms with van der Waals surface area (Å²) in [7, 11) is 0. The van der Waals surface area contributed by atoms with Crippen LogP contribution in [0.1, 0.15) is 11.1 Å². The van der Waals surface area contributed by atoms with Gasteiger partial charge < -0.3 is 15.4 Å². The van der Waals surface area contributed by atoms with E-state index < -0.39 is 12.1 Å². The lowest BCUT2D eigenvalue weighted by Crippen LogP contribution is -2.53. The number of hydrogen-bond acceptors (Lipinski definition) is 4. The molecule has 0 saturated carbocycles. The molecule has 0 spiro atoms. The van der Waals surface area contributed by atoms with Crippen LogP contribution < -0.4 is 10.6 Å². The number of nitrogens with zero attached hydrogens (tertiary/aromatic N) is 1. The minimum absolute atomic E-state index is 0.152. The maximum Gasteiger partial charge on any atom is 0.408 e. The van der Waals surface area contributed by atoms with E-state index in [0.717, 1.165) is 11.1 Å². The zero-order valence-electron chi connectivity index (χ0n) is 12.9. The minimum atomic E-state index is -0.735. The first-order valence-electron chi connectivity index (χ1n) is 7.60. The molecule has 0 aliphatic carbocycles. The third-order valence-electron chi connectivity index (χ3n) is 3.54. The average Bonchev–Trinajstić information content (AvgIpc) is 2.63. The van der Waals surface area contributed by atoms with Crippen molar-refractivity contribution < 1.29 is 14.3 Å². The van der Waals surface area contributed by atoms with E-state index in [1.807, 2.05) is 60.7 Å². The van der Waals surface area contributed by atoms with Crippen molar-refractivity contribution in [2.75, 3.05) is 6.54 Å². The van der Waals surface area contributed by atoms with Gasteiger partial charge in [0.25, 0.3) is 0 Å². The highest BCUT2D eigenvalue weighted by atomic mass is 16.5. The summed E-state index contributed by atoms with van der Waals surface area (Å²) in [6.45, 7) is 0.329. The second-order valence-corrected chi connectivity index (χ2v) is 5.30. The topological polar surface area (TPSA) is 79.8 Å². The Morgan fingerprint density at radius 3 is 2.46 bits per heavy atom. The van der Waals surface area contributed by atoms with Crippen molar-refractivity contribution >= 4 is 17.8 Å². The summed E-state index contributed by atoms with van der Waals surface area (Å²) in [5, 5.41) is 5.23. The molecular weight excluding hydrogens is 306 g/mol. The van der Waals surface area contributed by atoms with Gasteiger partial charge in [-0.1, -0.05) is 60.7 Å². The summed E-state index contributed by atoms with van der Waals surface area (Å²) in [6, 6.07) is 18.0. The van der Waals surface area contributed by atoms with E-state index in [1.54, 1.807) is 0 Å². The molecule has 2 N–H and O–H groups in total. The molecule has 1 aliphatic rings. The van der Waals surface area contributed by atoms with Crippen LogP contribution in [0, 0.1) is 0 Å². The van der Waals surface area contributed by atoms with Gasteiger partial charge in [-0.25, -0.2) is 4.79 Å². The molecule has 1 aliphatic heterocycles. The van der Waals surface area contributed by atoms with Crippen LogP contribution in [-0.4, -0.2) is 30.4 Å². The number of nitrogens with one attached hydrogen (secondary N) is 2. The highest BCUT2D eigenvalue weighted by Crippen LogP contribution is 2.05. The minimum Gasteiger partial charge on any atom is -0.445 e. The number of carbonyl (C=O) groups excluding carboxylic acids is 2. The molecule has 3 rings (SSSR count). The molecule has 2 aromatic rings. The van der Waals surface area contributed by atoms with Gasteiger partial charge in [0, 0.05) is 5.56 Å². The first kappa shape index (κ1) is 15.7. The molecule has 2 amide bonds. The van der Waals surface area contributed by atoms with E-state index in [2.05, 4.69) is 15.6 Å². The molecule has 2 aromatic carbocycles. The lowest BCUT2D eigenvalue weighted by molar-refractivity contribution is -0.121. The highest BCUT2D eigenvalue weighted by molar-refractivity contribution is 6.11. The molecule has 0 aromatic heterocycles. The summed E-state index contributed by atoms with van der Waals surface area (Å²) in [6.07, 6.45) is -0.641. The Bertz CT molecular complexity index is 745. The van der Waals surface area contributed by atoms with Gasteiger partial charge in [0.15, 0.2) is 0 Å². The number of amides is 2. The van der Waals surface area contributed by atoms with Crippen molar-refractivity contribution in [1.82, 2.24) is 10.6 Å². The summed E-state index contributed by atoms with van der Waals surface area (Å²) >= 11 is 0. The molecular formula is C18H17N3O3. The second-order valence-electron chi connectivity index (χ2n) is 5.30. The van der Waals surface area contributed by atoms with Gasteiger partial charge in [-0.3, -0.25) is 9.79 Å². The molecule has 122 valence electrons. The Balaban J connectivity index is 1.54. The molecule has 0 radical (unpaired) electrons. The summed E-state index contributed by atoms with van der Waals surface area (Å²) in [5.41, 5.74) is 1.71. The third kappa shape index (κ3) is 3.98. The van der Waals surface area contributed by atoms with Crippen molar-refractivity contribution in [2.45, 2.75) is 12.6 Å². The van der Waals surface area contributed by atoms with E-state index in [0.29, 0.717) is 5.84 Å². The number of amidine groups is 1. The van der Waals surface area contributed by atoms with Crippen molar-refractivity contribution in [3.8, 4) is 0 Å². The van der Waals surface area contributed by atoms with Crippen LogP contribution in [-0.2, 0) is 16.1 Å². The van der Waals surface area contributed by atoms with Crippen LogP contribution in [0.4, 0.5) is 4.79 Å². The maximum atomic E-state index is 12.1. The normalized spacial score (nSPS) is 16.8. The Morgan fingerprint density at radius 1 is 1.12 bits per heavy atom. The van der Waals surface area contributed by atoms with E-state index in [4.69, 9.17) is 4.74 Å². The largest absolute Gasteiger partial charge is 0.445 e. The first-order valence-corrected chi connectivity index (χ1v) is 7.60. The molecule has 1 unspecified atom stereocenters. The summed E-state index contributed by atoms with van der Waals surface area (Å²) in [4.78, 5) is 28.3. The smallest absolute Gasteiger partial charge is 0.408 e. The molecule has 24 heavy (non-hydrogen) atoms. The zero-order valence-corrected chi connectivity index (χ0v) is 12.9. The molecule has 1 atom stereocenters. The van der Waals surface area contributed by atoms with Gasteiger partial charge in [-0.2, -0.15) is 0 Å². The zero-order chi connectivity index (χ0) is 16.8. The molecule has 6 heteroatoms. The standard InChI is InChI=1S/C18H17N3O3/c22-17-15(11-19-16(21-17)14-9-5-2-6-10-14)20-18(23)24-12-13-7-3-1-4-8-13/h1-10,15H,11-12H2,(H,20,23)(H,19,21,22). The predicted octanol–water partition coefficient (Wildman–Crippen LogP) is 1.86. The number of hydrogen-bond donors (Lipinski definition) is 2. The first-order chi connectivity index (χ1) is 11.7. The van der Waals surface area contributed by atoms with Crippen LogP contribution in [0.15, 0.2) is 65.7 Å². The van der Waals surface area contributed by atoms with Crippen LogP contribution in [0.5, 0.6) is 0 Å². The lowest BCUT2D eigenvalue weighted by Gasteiger charge is -2.22. The van der Waals surface area contributed by atoms with Gasteiger partial charge in [0.1, 0.15) is 18.5 Å². The van der Waals surface area contributed by atoms with Crippen molar-refractivity contribution in [1.29, 1.82) is 0 Å². The van der Waals surface area contributed by atoms with Crippen LogP contribution in [0.25, 0.3) is 0 Å². The number of benzene rings is 2. The fourth-order valence-electron chi connectivity index (χ4n) is 2.29. The van der Waals surface area contributed by atoms with Gasteiger partial charge >= 0.3 is 6.09 Å². The van der Waals surface area contributed by atoms with Gasteiger partial charge in [-0.15, -0.1) is 0 Å². The second kappa shape index (κ2) is 7.41. The van der Waals surface area contributed by atoms with Crippen LogP contribution in [0.2, 0.25) is 0 Å². The lowest BCUT2D eigenvalue weighted by atomic mass is 10.1. The monoisotopic (exact) mass is 323 g/mol. The number of ether oxygens (including phenoxy) is 1. The Kier molecular flexibility index (Phi) is 4.86. The fraction of sp³-hybridized carbons (Fsp3) is 0.167. The Labute approximate surface area is 139 Å². The van der Waals surface area contributed by atoms with Gasteiger partial charge in [0.2, 0.25) is 5.91 Å². The molecule has 0 saturated heterocycles. The van der Waals surface area contributed by atoms with Crippen LogP contribution >= 0.6 is 0 Å². The quantitative estimate of drug-likeness (QED) is 0.901. The van der Waals surface area contributed by atoms with E-state index >= 15 is 0 Å². The number of rotatable bonds is 4. The Morgan fingerprint density at radius 2 is 1.79 bits per heavy atom. The Hall–Kier alpha value is -3.15. The fourth-order valence-corrected chi connectivity index (χ4v) is 2.29. The summed E-state index contributed by atoms with van der Waals surface area (Å²) < 4.78 is 5.11. The van der Waals surface area contributed by atoms with E-state index in [1.165, 1.54) is 0 Å². The van der Waals surface area contributed by atoms with Crippen molar-refractivity contribution in [3.05, 3.63) is 71.8 Å². The van der Waals surface area contributed by atoms with Crippen molar-refractivity contribution in [3.63, 3.8) is 0 Å². The summed E-state index contributed by atoms with van der Waals surface area (Å²) in [5.74, 6) is 0.205.